The Kier molecular flexibility index (Phi) is 6.90. The number of hydrogen-bond donors (Lipinski definition) is 1. The lowest BCUT2D eigenvalue weighted by molar-refractivity contribution is -0.236. The van der Waals surface area contributed by atoms with Crippen LogP contribution in [0.2, 0.25) is 0 Å². The molecule has 1 saturated heterocycles. The Morgan fingerprint density at radius 2 is 1.83 bits per heavy atom. The van der Waals surface area contributed by atoms with E-state index in [-0.39, 0.29) is 34.2 Å². The van der Waals surface area contributed by atoms with Gasteiger partial charge in [-0.15, -0.1) is 0 Å². The number of nitrogens with one attached hydrogen (secondary N) is 1. The monoisotopic (exact) mass is 516 g/mol. The molecule has 0 bridgehead atoms. The molecule has 0 amide bonds. The third-order valence-corrected chi connectivity index (χ3v) is 6.96. The number of fused-ring (bicyclic) bond motifs is 1. The lowest BCUT2D eigenvalue weighted by Crippen LogP contribution is -2.33. The zero-order valence-corrected chi connectivity index (χ0v) is 19.1. The lowest BCUT2D eigenvalue weighted by Gasteiger charge is -2.33. The quantitative estimate of drug-likeness (QED) is 0.289. The van der Waals surface area contributed by atoms with E-state index in [1.54, 1.807) is 0 Å². The molecule has 0 radical (unpaired) electrons. The number of hydrogen-bond acceptors (Lipinski definition) is 7. The molecule has 7 nitrogen and oxygen atoms in total. The van der Waals surface area contributed by atoms with E-state index in [4.69, 9.17) is 14.0 Å². The van der Waals surface area contributed by atoms with E-state index in [0.717, 1.165) is 19.5 Å². The number of carbonyl (C=O) groups is 1. The predicted octanol–water partition coefficient (Wildman–Crippen LogP) is 5.33. The highest BCUT2D eigenvalue weighted by Crippen LogP contribution is 2.49. The van der Waals surface area contributed by atoms with Crippen LogP contribution in [-0.4, -0.2) is 43.1 Å². The van der Waals surface area contributed by atoms with E-state index >= 15 is 0 Å². The van der Waals surface area contributed by atoms with Gasteiger partial charge in [-0.1, -0.05) is 17.3 Å². The molecule has 2 aliphatic carbocycles. The van der Waals surface area contributed by atoms with Crippen LogP contribution in [0.3, 0.4) is 0 Å². The normalized spacial score (nSPS) is 25.0. The van der Waals surface area contributed by atoms with Crippen LogP contribution in [0.4, 0.5) is 22.0 Å². The fraction of sp³-hybridized carbons (Fsp3) is 0.583. The van der Waals surface area contributed by atoms with E-state index in [2.05, 4.69) is 15.2 Å². The third-order valence-electron chi connectivity index (χ3n) is 6.96. The van der Waals surface area contributed by atoms with Gasteiger partial charge in [-0.25, -0.2) is 4.79 Å². The van der Waals surface area contributed by atoms with Gasteiger partial charge in [0.2, 0.25) is 6.29 Å². The number of ether oxygens (including phenoxy) is 3. The molecule has 2 heterocycles. The Balaban J connectivity index is 1.53. The van der Waals surface area contributed by atoms with Crippen LogP contribution in [0, 0.1) is 11.8 Å². The first-order chi connectivity index (χ1) is 17.2. The first kappa shape index (κ1) is 24.9. The van der Waals surface area contributed by atoms with Crippen molar-refractivity contribution in [2.75, 3.05) is 13.1 Å². The molecule has 0 spiro atoms. The third kappa shape index (κ3) is 5.34. The van der Waals surface area contributed by atoms with Gasteiger partial charge in [-0.3, -0.25) is 0 Å². The minimum Gasteiger partial charge on any atom is -0.434 e. The maximum Gasteiger partial charge on any atom is 0.491 e. The van der Waals surface area contributed by atoms with Crippen molar-refractivity contribution in [3.63, 3.8) is 0 Å². The minimum atomic E-state index is -5.26. The highest BCUT2D eigenvalue weighted by molar-refractivity contribution is 5.76. The first-order valence-electron chi connectivity index (χ1n) is 11.9. The van der Waals surface area contributed by atoms with Crippen molar-refractivity contribution in [2.45, 2.75) is 63.2 Å². The summed E-state index contributed by atoms with van der Waals surface area (Å²) < 4.78 is 86.8. The second kappa shape index (κ2) is 9.97. The fourth-order valence-corrected chi connectivity index (χ4v) is 5.11. The van der Waals surface area contributed by atoms with Crippen LogP contribution in [0.15, 0.2) is 28.8 Å². The highest BCUT2D eigenvalue weighted by Gasteiger charge is 2.46. The second-order valence-corrected chi connectivity index (χ2v) is 9.44. The second-order valence-electron chi connectivity index (χ2n) is 9.44. The minimum absolute atomic E-state index is 0.00733. The number of rotatable bonds is 8. The molecule has 1 aromatic heterocycles. The van der Waals surface area contributed by atoms with E-state index in [1.165, 1.54) is 24.3 Å². The van der Waals surface area contributed by atoms with Gasteiger partial charge >= 0.3 is 18.8 Å². The van der Waals surface area contributed by atoms with Crippen LogP contribution in [0.5, 0.6) is 5.75 Å². The smallest absolute Gasteiger partial charge is 0.434 e. The molecule has 3 aliphatic rings. The van der Waals surface area contributed by atoms with Gasteiger partial charge < -0.3 is 24.1 Å². The van der Waals surface area contributed by atoms with E-state index < -0.39 is 31.2 Å². The maximum absolute atomic E-state index is 13.2. The molecule has 196 valence electrons. The molecule has 3 fully saturated rings. The summed E-state index contributed by atoms with van der Waals surface area (Å²) in [6, 6.07) is 5.71. The van der Waals surface area contributed by atoms with Crippen molar-refractivity contribution in [1.82, 2.24) is 10.5 Å². The zero-order valence-electron chi connectivity index (χ0n) is 19.1. The van der Waals surface area contributed by atoms with Gasteiger partial charge in [0.15, 0.2) is 0 Å². The Labute approximate surface area is 203 Å². The molecule has 1 aromatic carbocycles. The summed E-state index contributed by atoms with van der Waals surface area (Å²) in [6.07, 6.45) is -4.16. The molecule has 1 N–H and O–H groups in total. The molecular formula is C24H25F5N2O5. The number of aromatic nitrogens is 1. The van der Waals surface area contributed by atoms with Crippen LogP contribution in [-0.2, 0) is 14.3 Å². The molecule has 4 atom stereocenters. The summed E-state index contributed by atoms with van der Waals surface area (Å²) in [5.41, 5.74) is -0.0137. The van der Waals surface area contributed by atoms with Crippen molar-refractivity contribution in [2.24, 2.45) is 11.8 Å². The topological polar surface area (TPSA) is 82.8 Å². The summed E-state index contributed by atoms with van der Waals surface area (Å²) >= 11 is 0. The number of nitrogens with zero attached hydrogens (tertiary/aromatic N) is 1. The van der Waals surface area contributed by atoms with Gasteiger partial charge in [0, 0.05) is 11.5 Å². The number of benzene rings is 1. The Bertz CT molecular complexity index is 1090. The standard InChI is InChI=1S/C24H25F5N2O5/c25-23(26)34-17-4-2-1-3-16(17)19-18(20(36-31-19)12-5-6-12)21(35-22(32)24(27,28)29)33-15-8-7-13-10-30-11-14(13)9-15/h1-4,12-15,21,23,30H,5-11H2. The molecule has 12 heteroatoms. The van der Waals surface area contributed by atoms with Gasteiger partial charge in [0.1, 0.15) is 17.2 Å². The molecule has 2 saturated carbocycles. The number of esters is 1. The number of carbonyl (C=O) groups excluding carboxylic acids is 1. The Morgan fingerprint density at radius 3 is 2.56 bits per heavy atom. The number of para-hydroxylation sites is 1. The number of halogens is 5. The van der Waals surface area contributed by atoms with Gasteiger partial charge in [0.05, 0.1) is 11.7 Å². The Morgan fingerprint density at radius 1 is 1.08 bits per heavy atom. The van der Waals surface area contributed by atoms with Crippen LogP contribution >= 0.6 is 0 Å². The molecule has 36 heavy (non-hydrogen) atoms. The average Bonchev–Trinajstić information content (AvgIpc) is 3.39. The van der Waals surface area contributed by atoms with Gasteiger partial charge in [0.25, 0.3) is 0 Å². The van der Waals surface area contributed by atoms with E-state index in [9.17, 15) is 26.7 Å². The highest BCUT2D eigenvalue weighted by atomic mass is 19.4. The van der Waals surface area contributed by atoms with Crippen molar-refractivity contribution < 1.29 is 45.5 Å². The van der Waals surface area contributed by atoms with Crippen molar-refractivity contribution >= 4 is 5.97 Å². The molecule has 1 aliphatic heterocycles. The Hall–Kier alpha value is -2.73. The summed E-state index contributed by atoms with van der Waals surface area (Å²) in [6.45, 7) is -1.48. The molecule has 5 rings (SSSR count). The summed E-state index contributed by atoms with van der Waals surface area (Å²) in [7, 11) is 0. The zero-order chi connectivity index (χ0) is 25.4. The largest absolute Gasteiger partial charge is 0.491 e. The fourth-order valence-electron chi connectivity index (χ4n) is 5.11. The molecular weight excluding hydrogens is 491 g/mol. The van der Waals surface area contributed by atoms with Crippen LogP contribution < -0.4 is 10.1 Å². The lowest BCUT2D eigenvalue weighted by atomic mass is 9.80. The van der Waals surface area contributed by atoms with Crippen LogP contribution in [0.1, 0.15) is 55.6 Å². The number of alkyl halides is 5. The SMILES string of the molecule is O=C(OC(OC1CCC2CNCC2C1)c1c(-c2ccccc2OC(F)F)noc1C1CC1)C(F)(F)F. The van der Waals surface area contributed by atoms with Gasteiger partial charge in [-0.05, 0) is 69.2 Å². The molecule has 4 unspecified atom stereocenters. The average molecular weight is 516 g/mol. The van der Waals surface area contributed by atoms with Crippen molar-refractivity contribution in [3.05, 3.63) is 35.6 Å². The first-order valence-corrected chi connectivity index (χ1v) is 11.9. The van der Waals surface area contributed by atoms with E-state index in [1.807, 2.05) is 0 Å². The van der Waals surface area contributed by atoms with E-state index in [0.29, 0.717) is 37.5 Å². The van der Waals surface area contributed by atoms with Crippen molar-refractivity contribution in [3.8, 4) is 17.0 Å². The summed E-state index contributed by atoms with van der Waals surface area (Å²) in [5.74, 6) is -1.85. The predicted molar refractivity (Wildman–Crippen MR) is 114 cm³/mol. The van der Waals surface area contributed by atoms with Gasteiger partial charge in [-0.2, -0.15) is 22.0 Å². The van der Waals surface area contributed by atoms with Crippen LogP contribution in [0.25, 0.3) is 11.3 Å². The maximum atomic E-state index is 13.2. The van der Waals surface area contributed by atoms with Crippen molar-refractivity contribution in [1.29, 1.82) is 0 Å². The summed E-state index contributed by atoms with van der Waals surface area (Å²) in [4.78, 5) is 11.9. The summed E-state index contributed by atoms with van der Waals surface area (Å²) in [5, 5.41) is 7.30. The molecule has 2 aromatic rings.